The molecule has 1 aliphatic rings. The maximum Gasteiger partial charge on any atom is 0.135 e. The van der Waals surface area contributed by atoms with Crippen LogP contribution in [0.4, 0.5) is 0 Å². The van der Waals surface area contributed by atoms with Crippen LogP contribution in [0.15, 0.2) is 84.7 Å². The van der Waals surface area contributed by atoms with Crippen LogP contribution in [0.5, 0.6) is 0 Å². The molecule has 1 aliphatic carbocycles. The van der Waals surface area contributed by atoms with Crippen molar-refractivity contribution in [1.29, 1.82) is 0 Å². The van der Waals surface area contributed by atoms with E-state index in [2.05, 4.69) is 74.9 Å². The van der Waals surface area contributed by atoms with Crippen LogP contribution in [-0.4, -0.2) is 19.2 Å². The third-order valence-electron chi connectivity index (χ3n) is 4.83. The number of rotatable bonds is 14. The molecule has 0 amide bonds. The predicted molar refractivity (Wildman–Crippen MR) is 129 cm³/mol. The van der Waals surface area contributed by atoms with Gasteiger partial charge < -0.3 is 10.1 Å². The van der Waals surface area contributed by atoms with Gasteiger partial charge in [0.15, 0.2) is 0 Å². The Morgan fingerprint density at radius 1 is 1.31 bits per heavy atom. The van der Waals surface area contributed by atoms with Crippen molar-refractivity contribution in [1.82, 2.24) is 5.32 Å². The monoisotopic (exact) mass is 395 g/mol. The Balaban J connectivity index is 2.38. The summed E-state index contributed by atoms with van der Waals surface area (Å²) in [5.41, 5.74) is 2.63. The number of ether oxygens (including phenoxy) is 1. The van der Waals surface area contributed by atoms with Crippen molar-refractivity contribution in [3.05, 3.63) is 84.7 Å². The van der Waals surface area contributed by atoms with E-state index in [4.69, 9.17) is 4.74 Å². The fourth-order valence-corrected chi connectivity index (χ4v) is 3.16. The van der Waals surface area contributed by atoms with E-state index in [1.807, 2.05) is 19.1 Å². The molecule has 0 heterocycles. The van der Waals surface area contributed by atoms with E-state index in [0.717, 1.165) is 38.3 Å². The summed E-state index contributed by atoms with van der Waals surface area (Å²) in [6, 6.07) is 0. The average Bonchev–Trinajstić information content (AvgIpc) is 2.67. The van der Waals surface area contributed by atoms with Crippen molar-refractivity contribution < 1.29 is 4.74 Å². The average molecular weight is 396 g/mol. The van der Waals surface area contributed by atoms with E-state index < -0.39 is 0 Å². The topological polar surface area (TPSA) is 21.3 Å². The lowest BCUT2D eigenvalue weighted by molar-refractivity contribution is 0.204. The van der Waals surface area contributed by atoms with E-state index in [0.29, 0.717) is 5.76 Å². The Morgan fingerprint density at radius 3 is 2.90 bits per heavy atom. The first kappa shape index (κ1) is 25.0. The van der Waals surface area contributed by atoms with Gasteiger partial charge in [-0.25, -0.2) is 0 Å². The number of hydrogen-bond donors (Lipinski definition) is 1. The van der Waals surface area contributed by atoms with Crippen LogP contribution in [0.3, 0.4) is 0 Å². The van der Waals surface area contributed by atoms with Gasteiger partial charge in [0.25, 0.3) is 0 Å². The second-order valence-electron chi connectivity index (χ2n) is 7.90. The highest BCUT2D eigenvalue weighted by atomic mass is 16.5. The van der Waals surface area contributed by atoms with Gasteiger partial charge in [0, 0.05) is 6.54 Å². The number of nitrogens with one attached hydrogen (secondary N) is 1. The molecule has 0 fully saturated rings. The summed E-state index contributed by atoms with van der Waals surface area (Å²) in [6.45, 7) is 16.8. The van der Waals surface area contributed by atoms with Gasteiger partial charge >= 0.3 is 0 Å². The van der Waals surface area contributed by atoms with Crippen LogP contribution in [0.25, 0.3) is 0 Å². The Bertz CT molecular complexity index is 633. The summed E-state index contributed by atoms with van der Waals surface area (Å²) in [7, 11) is 0. The van der Waals surface area contributed by atoms with Gasteiger partial charge in [-0.1, -0.05) is 87.4 Å². The van der Waals surface area contributed by atoms with E-state index in [9.17, 15) is 0 Å². The lowest BCUT2D eigenvalue weighted by Gasteiger charge is -2.15. The summed E-state index contributed by atoms with van der Waals surface area (Å²) < 4.78 is 5.89. The molecule has 0 saturated heterocycles. The molecule has 2 heteroatoms. The fourth-order valence-electron chi connectivity index (χ4n) is 3.16. The Labute approximate surface area is 179 Å². The van der Waals surface area contributed by atoms with E-state index in [-0.39, 0.29) is 6.10 Å². The minimum Gasteiger partial charge on any atom is -0.483 e. The molecule has 2 unspecified atom stereocenters. The van der Waals surface area contributed by atoms with Crippen LogP contribution < -0.4 is 5.32 Å². The molecular formula is C27H41NO. The van der Waals surface area contributed by atoms with E-state index >= 15 is 0 Å². The summed E-state index contributed by atoms with van der Waals surface area (Å²) >= 11 is 0. The molecule has 0 aromatic heterocycles. The van der Waals surface area contributed by atoms with Crippen LogP contribution in [-0.2, 0) is 4.74 Å². The van der Waals surface area contributed by atoms with Crippen molar-refractivity contribution in [2.45, 2.75) is 65.4 Å². The molecule has 0 radical (unpaired) electrons. The largest absolute Gasteiger partial charge is 0.483 e. The van der Waals surface area contributed by atoms with Gasteiger partial charge in [0.2, 0.25) is 0 Å². The molecule has 0 aliphatic heterocycles. The summed E-state index contributed by atoms with van der Waals surface area (Å²) in [6.07, 6.45) is 25.4. The Morgan fingerprint density at radius 2 is 2.14 bits per heavy atom. The fraction of sp³-hybridized carbons (Fsp3) is 0.481. The first-order chi connectivity index (χ1) is 14.0. The Kier molecular flexibility index (Phi) is 13.6. The van der Waals surface area contributed by atoms with E-state index in [1.54, 1.807) is 0 Å². The smallest absolute Gasteiger partial charge is 0.135 e. The quantitative estimate of drug-likeness (QED) is 0.190. The highest BCUT2D eigenvalue weighted by Crippen LogP contribution is 2.17. The molecular weight excluding hydrogens is 354 g/mol. The highest BCUT2D eigenvalue weighted by molar-refractivity contribution is 5.26. The van der Waals surface area contributed by atoms with E-state index in [1.165, 1.54) is 30.4 Å². The Hall–Kier alpha value is -2.06. The third-order valence-corrected chi connectivity index (χ3v) is 4.83. The van der Waals surface area contributed by atoms with Crippen molar-refractivity contribution in [3.63, 3.8) is 0 Å². The number of allylic oxidation sites excluding steroid dienone is 8. The van der Waals surface area contributed by atoms with Gasteiger partial charge in [-0.05, 0) is 63.3 Å². The summed E-state index contributed by atoms with van der Waals surface area (Å²) in [5, 5.41) is 3.56. The van der Waals surface area contributed by atoms with Crippen LogP contribution >= 0.6 is 0 Å². The molecule has 0 aromatic carbocycles. The molecule has 1 N–H and O–H groups in total. The second kappa shape index (κ2) is 15.8. The molecule has 29 heavy (non-hydrogen) atoms. The van der Waals surface area contributed by atoms with Crippen LogP contribution in [0, 0.1) is 5.92 Å². The van der Waals surface area contributed by atoms with Gasteiger partial charge in [-0.2, -0.15) is 0 Å². The SMILES string of the molecule is C=C(CNCC(C)CCCC)C/C1=C/C=CC(OC(=C)C=CC/C=C\C)C=CC1. The lowest BCUT2D eigenvalue weighted by Crippen LogP contribution is -2.23. The van der Waals surface area contributed by atoms with Crippen molar-refractivity contribution in [2.24, 2.45) is 5.92 Å². The maximum absolute atomic E-state index is 5.89. The van der Waals surface area contributed by atoms with Gasteiger partial charge in [-0.3, -0.25) is 0 Å². The predicted octanol–water partition coefficient (Wildman–Crippen LogP) is 7.21. The zero-order chi connectivity index (χ0) is 21.3. The highest BCUT2D eigenvalue weighted by Gasteiger charge is 2.06. The van der Waals surface area contributed by atoms with Crippen molar-refractivity contribution in [2.75, 3.05) is 13.1 Å². The minimum atomic E-state index is -0.0684. The summed E-state index contributed by atoms with van der Waals surface area (Å²) in [4.78, 5) is 0. The first-order valence-corrected chi connectivity index (χ1v) is 11.1. The standard InChI is InChI=1S/C27H41NO/c1-6-8-10-11-15-25(5)29-27-18-12-16-26(17-13-19-27)20-24(4)22-28-21-23(3)14-9-7-2/h6,8,11-13,15-16,18-19,23,27-28H,4-5,7,9-10,14,17,20-22H2,1-3H3/b8-6-,15-11?,18-12?,19-13?,26-16+. The van der Waals surface area contributed by atoms with Gasteiger partial charge in [0.05, 0.1) is 0 Å². The molecule has 2 atom stereocenters. The number of unbranched alkanes of at least 4 members (excludes halogenated alkanes) is 1. The second-order valence-corrected chi connectivity index (χ2v) is 7.90. The zero-order valence-corrected chi connectivity index (χ0v) is 18.8. The molecule has 2 nitrogen and oxygen atoms in total. The molecule has 0 saturated carbocycles. The number of hydrogen-bond acceptors (Lipinski definition) is 2. The normalized spacial score (nSPS) is 19.7. The minimum absolute atomic E-state index is 0.0684. The molecule has 0 bridgehead atoms. The molecule has 0 spiro atoms. The van der Waals surface area contributed by atoms with Crippen LogP contribution in [0.1, 0.15) is 59.3 Å². The summed E-state index contributed by atoms with van der Waals surface area (Å²) in [5.74, 6) is 1.42. The maximum atomic E-state index is 5.89. The lowest BCUT2D eigenvalue weighted by atomic mass is 10.0. The van der Waals surface area contributed by atoms with Crippen LogP contribution in [0.2, 0.25) is 0 Å². The first-order valence-electron chi connectivity index (χ1n) is 11.1. The third kappa shape index (κ3) is 12.9. The van der Waals surface area contributed by atoms with Crippen molar-refractivity contribution in [3.8, 4) is 0 Å². The molecule has 1 rings (SSSR count). The van der Waals surface area contributed by atoms with Gasteiger partial charge in [0.1, 0.15) is 11.9 Å². The zero-order valence-electron chi connectivity index (χ0n) is 18.8. The molecule has 160 valence electrons. The van der Waals surface area contributed by atoms with Crippen molar-refractivity contribution >= 4 is 0 Å². The van der Waals surface area contributed by atoms with Gasteiger partial charge in [-0.15, -0.1) is 0 Å². The molecule has 0 aromatic rings.